The lowest BCUT2D eigenvalue weighted by Crippen LogP contribution is -2.37. The summed E-state index contributed by atoms with van der Waals surface area (Å²) in [6.45, 7) is 3.31. The van der Waals surface area contributed by atoms with Crippen LogP contribution in [0.5, 0.6) is 0 Å². The Hall–Kier alpha value is -1.36. The highest BCUT2D eigenvalue weighted by Gasteiger charge is 2.27. The molecule has 1 saturated carbocycles. The van der Waals surface area contributed by atoms with Gasteiger partial charge in [-0.15, -0.1) is 0 Å². The zero-order chi connectivity index (χ0) is 11.0. The summed E-state index contributed by atoms with van der Waals surface area (Å²) in [4.78, 5) is 11.1. The van der Waals surface area contributed by atoms with E-state index in [-0.39, 0.29) is 0 Å². The van der Waals surface area contributed by atoms with Gasteiger partial charge < -0.3 is 15.4 Å². The predicted octanol–water partition coefficient (Wildman–Crippen LogP) is 0.773. The molecule has 2 aliphatic rings. The lowest BCUT2D eigenvalue weighted by molar-refractivity contribution is 0.122. The fourth-order valence-electron chi connectivity index (χ4n) is 1.95. The molecule has 1 aromatic heterocycles. The molecular formula is C11H16N4O. The Bertz CT molecular complexity index is 386. The number of nitrogens with zero attached hydrogens (tertiary/aromatic N) is 3. The van der Waals surface area contributed by atoms with Crippen LogP contribution in [0.4, 0.5) is 11.6 Å². The minimum atomic E-state index is 0.545. The van der Waals surface area contributed by atoms with Crippen LogP contribution in [0.15, 0.2) is 6.07 Å². The third-order valence-electron chi connectivity index (χ3n) is 3.03. The van der Waals surface area contributed by atoms with Gasteiger partial charge in [-0.3, -0.25) is 0 Å². The Balaban J connectivity index is 1.86. The van der Waals surface area contributed by atoms with E-state index >= 15 is 0 Å². The molecule has 0 bridgehead atoms. The first-order valence-electron chi connectivity index (χ1n) is 5.80. The summed E-state index contributed by atoms with van der Waals surface area (Å²) in [5.74, 6) is 3.00. The van der Waals surface area contributed by atoms with Crippen molar-refractivity contribution in [3.05, 3.63) is 11.9 Å². The number of nitrogens with two attached hydrogens (primary N) is 1. The minimum absolute atomic E-state index is 0.545. The lowest BCUT2D eigenvalue weighted by atomic mass is 10.3. The van der Waals surface area contributed by atoms with Crippen molar-refractivity contribution in [3.8, 4) is 0 Å². The van der Waals surface area contributed by atoms with Gasteiger partial charge in [0.25, 0.3) is 0 Å². The van der Waals surface area contributed by atoms with E-state index in [1.165, 1.54) is 12.8 Å². The van der Waals surface area contributed by atoms with Gasteiger partial charge in [0.15, 0.2) is 0 Å². The maximum absolute atomic E-state index is 5.82. The zero-order valence-electron chi connectivity index (χ0n) is 9.22. The fraction of sp³-hybridized carbons (Fsp3) is 0.636. The molecule has 0 aromatic carbocycles. The van der Waals surface area contributed by atoms with Crippen LogP contribution in [0.2, 0.25) is 0 Å². The number of ether oxygens (including phenoxy) is 1. The highest BCUT2D eigenvalue weighted by Crippen LogP contribution is 2.38. The van der Waals surface area contributed by atoms with Crippen LogP contribution >= 0.6 is 0 Å². The average Bonchev–Trinajstić information content (AvgIpc) is 3.13. The van der Waals surface area contributed by atoms with Crippen molar-refractivity contribution < 1.29 is 4.74 Å². The van der Waals surface area contributed by atoms with Crippen molar-refractivity contribution in [2.24, 2.45) is 0 Å². The van der Waals surface area contributed by atoms with Gasteiger partial charge in [0.1, 0.15) is 17.5 Å². The molecule has 2 N–H and O–H groups in total. The number of hydrogen-bond acceptors (Lipinski definition) is 5. The first kappa shape index (κ1) is 9.84. The third-order valence-corrected chi connectivity index (χ3v) is 3.03. The molecule has 1 aliphatic carbocycles. The number of anilines is 2. The quantitative estimate of drug-likeness (QED) is 0.797. The summed E-state index contributed by atoms with van der Waals surface area (Å²) in [6, 6.07) is 1.86. The molecule has 16 heavy (non-hydrogen) atoms. The van der Waals surface area contributed by atoms with Crippen LogP contribution in [0, 0.1) is 0 Å². The highest BCUT2D eigenvalue weighted by molar-refractivity contribution is 5.47. The molecule has 0 unspecified atom stereocenters. The first-order chi connectivity index (χ1) is 7.83. The average molecular weight is 220 g/mol. The van der Waals surface area contributed by atoms with Gasteiger partial charge in [-0.05, 0) is 12.8 Å². The SMILES string of the molecule is Nc1cc(N2CCOCC2)nc(C2CC2)n1. The van der Waals surface area contributed by atoms with Gasteiger partial charge in [-0.25, -0.2) is 9.97 Å². The molecular weight excluding hydrogens is 204 g/mol. The van der Waals surface area contributed by atoms with Crippen molar-refractivity contribution in [1.82, 2.24) is 9.97 Å². The summed E-state index contributed by atoms with van der Waals surface area (Å²) in [6.07, 6.45) is 2.40. The van der Waals surface area contributed by atoms with E-state index in [1.54, 1.807) is 0 Å². The van der Waals surface area contributed by atoms with Crippen LogP contribution in [0.25, 0.3) is 0 Å². The highest BCUT2D eigenvalue weighted by atomic mass is 16.5. The molecule has 86 valence electrons. The Kier molecular flexibility index (Phi) is 2.40. The molecule has 5 heteroatoms. The number of aromatic nitrogens is 2. The van der Waals surface area contributed by atoms with Gasteiger partial charge >= 0.3 is 0 Å². The van der Waals surface area contributed by atoms with E-state index in [2.05, 4.69) is 14.9 Å². The molecule has 3 rings (SSSR count). The monoisotopic (exact) mass is 220 g/mol. The van der Waals surface area contributed by atoms with E-state index in [0.717, 1.165) is 37.9 Å². The van der Waals surface area contributed by atoms with Crippen LogP contribution in [-0.4, -0.2) is 36.3 Å². The van der Waals surface area contributed by atoms with Crippen LogP contribution in [-0.2, 0) is 4.74 Å². The lowest BCUT2D eigenvalue weighted by Gasteiger charge is -2.28. The second kappa shape index (κ2) is 3.90. The second-order valence-corrected chi connectivity index (χ2v) is 4.38. The van der Waals surface area contributed by atoms with Gasteiger partial charge in [-0.2, -0.15) is 0 Å². The Labute approximate surface area is 94.6 Å². The van der Waals surface area contributed by atoms with Crippen molar-refractivity contribution in [2.45, 2.75) is 18.8 Å². The molecule has 5 nitrogen and oxygen atoms in total. The standard InChI is InChI=1S/C11H16N4O/c12-9-7-10(15-3-5-16-6-4-15)14-11(13-9)8-1-2-8/h7-8H,1-6H2,(H2,12,13,14). The summed E-state index contributed by atoms with van der Waals surface area (Å²) in [7, 11) is 0. The fourth-order valence-corrected chi connectivity index (χ4v) is 1.95. The minimum Gasteiger partial charge on any atom is -0.384 e. The van der Waals surface area contributed by atoms with Gasteiger partial charge in [0, 0.05) is 25.1 Å². The molecule has 0 radical (unpaired) electrons. The van der Waals surface area contributed by atoms with Gasteiger partial charge in [-0.1, -0.05) is 0 Å². The molecule has 1 aliphatic heterocycles. The molecule has 0 spiro atoms. The van der Waals surface area contributed by atoms with Crippen LogP contribution in [0.1, 0.15) is 24.6 Å². The van der Waals surface area contributed by atoms with Gasteiger partial charge in [0.05, 0.1) is 13.2 Å². The number of morpholine rings is 1. The third kappa shape index (κ3) is 1.95. The van der Waals surface area contributed by atoms with Crippen molar-refractivity contribution in [3.63, 3.8) is 0 Å². The molecule has 0 atom stereocenters. The van der Waals surface area contributed by atoms with Crippen molar-refractivity contribution >= 4 is 11.6 Å². The smallest absolute Gasteiger partial charge is 0.136 e. The first-order valence-corrected chi connectivity index (χ1v) is 5.80. The number of hydrogen-bond donors (Lipinski definition) is 1. The predicted molar refractivity (Wildman–Crippen MR) is 61.5 cm³/mol. The van der Waals surface area contributed by atoms with Crippen LogP contribution in [0.3, 0.4) is 0 Å². The maximum Gasteiger partial charge on any atom is 0.136 e. The largest absolute Gasteiger partial charge is 0.384 e. The normalized spacial score (nSPS) is 21.1. The summed E-state index contributed by atoms with van der Waals surface area (Å²) >= 11 is 0. The molecule has 1 aromatic rings. The molecule has 2 fully saturated rings. The van der Waals surface area contributed by atoms with Gasteiger partial charge in [0.2, 0.25) is 0 Å². The Morgan fingerprint density at radius 3 is 2.69 bits per heavy atom. The maximum atomic E-state index is 5.82. The Morgan fingerprint density at radius 1 is 1.25 bits per heavy atom. The van der Waals surface area contributed by atoms with E-state index in [0.29, 0.717) is 11.7 Å². The topological polar surface area (TPSA) is 64.3 Å². The number of nitrogen functional groups attached to an aromatic ring is 1. The molecule has 2 heterocycles. The summed E-state index contributed by atoms with van der Waals surface area (Å²) in [5.41, 5.74) is 5.82. The van der Waals surface area contributed by atoms with E-state index in [4.69, 9.17) is 10.5 Å². The Morgan fingerprint density at radius 2 is 2.00 bits per heavy atom. The van der Waals surface area contributed by atoms with Crippen LogP contribution < -0.4 is 10.6 Å². The summed E-state index contributed by atoms with van der Waals surface area (Å²) in [5, 5.41) is 0. The zero-order valence-corrected chi connectivity index (χ0v) is 9.22. The van der Waals surface area contributed by atoms with Crippen molar-refractivity contribution in [2.75, 3.05) is 36.9 Å². The van der Waals surface area contributed by atoms with E-state index < -0.39 is 0 Å². The summed E-state index contributed by atoms with van der Waals surface area (Å²) < 4.78 is 5.33. The van der Waals surface area contributed by atoms with E-state index in [9.17, 15) is 0 Å². The molecule has 0 amide bonds. The number of rotatable bonds is 2. The molecule has 1 saturated heterocycles. The van der Waals surface area contributed by atoms with E-state index in [1.807, 2.05) is 6.07 Å². The van der Waals surface area contributed by atoms with Crippen molar-refractivity contribution in [1.29, 1.82) is 0 Å². The second-order valence-electron chi connectivity index (χ2n) is 4.38.